The van der Waals surface area contributed by atoms with E-state index >= 15 is 0 Å². The van der Waals surface area contributed by atoms with Crippen LogP contribution in [0.2, 0.25) is 0 Å². The number of aryl methyl sites for hydroxylation is 1. The Hall–Kier alpha value is -0.900. The number of nitrogens with one attached hydrogen (secondary N) is 1. The van der Waals surface area contributed by atoms with Gasteiger partial charge in [-0.1, -0.05) is 0 Å². The molecule has 1 aromatic rings. The predicted molar refractivity (Wildman–Crippen MR) is 57.9 cm³/mol. The molecule has 1 aromatic heterocycles. The van der Waals surface area contributed by atoms with E-state index in [2.05, 4.69) is 27.0 Å². The van der Waals surface area contributed by atoms with E-state index in [-0.39, 0.29) is 0 Å². The van der Waals surface area contributed by atoms with Gasteiger partial charge in [0.15, 0.2) is 0 Å². The minimum Gasteiger partial charge on any atom is -0.315 e. The van der Waals surface area contributed by atoms with Crippen LogP contribution in [0, 0.1) is 6.92 Å². The zero-order valence-electron chi connectivity index (χ0n) is 9.24. The van der Waals surface area contributed by atoms with Gasteiger partial charge in [0.2, 0.25) is 0 Å². The van der Waals surface area contributed by atoms with E-state index in [1.165, 1.54) is 31.5 Å². The number of rotatable bonds is 2. The van der Waals surface area contributed by atoms with Crippen molar-refractivity contribution in [3.63, 3.8) is 0 Å². The van der Waals surface area contributed by atoms with Crippen molar-refractivity contribution < 1.29 is 0 Å². The lowest BCUT2D eigenvalue weighted by Gasteiger charge is -2.26. The molecule has 0 amide bonds. The van der Waals surface area contributed by atoms with Crippen molar-refractivity contribution in [2.75, 3.05) is 13.1 Å². The summed E-state index contributed by atoms with van der Waals surface area (Å²) in [4.78, 5) is 0. The van der Waals surface area contributed by atoms with Gasteiger partial charge in [-0.15, -0.1) is 10.2 Å². The molecule has 1 N–H and O–H groups in total. The van der Waals surface area contributed by atoms with Crippen molar-refractivity contribution in [3.05, 3.63) is 11.6 Å². The minimum atomic E-state index is 0.587. The number of hydrogen-bond donors (Lipinski definition) is 1. The van der Waals surface area contributed by atoms with Crippen molar-refractivity contribution in [1.29, 1.82) is 0 Å². The van der Waals surface area contributed by atoms with Gasteiger partial charge in [0.25, 0.3) is 0 Å². The Morgan fingerprint density at radius 3 is 2.80 bits per heavy atom. The van der Waals surface area contributed by atoms with Crippen LogP contribution >= 0.6 is 0 Å². The first-order valence-electron chi connectivity index (χ1n) is 5.98. The molecular weight excluding hydrogens is 188 g/mol. The molecular formula is C11H18N4. The van der Waals surface area contributed by atoms with Gasteiger partial charge in [-0.3, -0.25) is 0 Å². The number of piperidine rings is 1. The molecule has 82 valence electrons. The van der Waals surface area contributed by atoms with Gasteiger partial charge in [0.05, 0.1) is 0 Å². The summed E-state index contributed by atoms with van der Waals surface area (Å²) < 4.78 is 2.38. The maximum atomic E-state index is 4.34. The smallest absolute Gasteiger partial charge is 0.136 e. The average Bonchev–Trinajstić information content (AvgIpc) is 3.04. The van der Waals surface area contributed by atoms with Crippen LogP contribution in [0.1, 0.15) is 49.3 Å². The van der Waals surface area contributed by atoms with Crippen LogP contribution in [0.3, 0.4) is 0 Å². The van der Waals surface area contributed by atoms with Gasteiger partial charge in [-0.2, -0.15) is 0 Å². The van der Waals surface area contributed by atoms with Crippen LogP contribution in [0.5, 0.6) is 0 Å². The van der Waals surface area contributed by atoms with Crippen LogP contribution in [0.25, 0.3) is 0 Å². The van der Waals surface area contributed by atoms with Gasteiger partial charge >= 0.3 is 0 Å². The van der Waals surface area contributed by atoms with Gasteiger partial charge in [-0.05, 0) is 39.2 Å². The molecule has 0 aromatic carbocycles. The van der Waals surface area contributed by atoms with Crippen molar-refractivity contribution in [2.24, 2.45) is 0 Å². The van der Waals surface area contributed by atoms with Crippen molar-refractivity contribution in [2.45, 2.75) is 44.6 Å². The fourth-order valence-corrected chi connectivity index (χ4v) is 2.51. The highest BCUT2D eigenvalue weighted by molar-refractivity contribution is 5.09. The Morgan fingerprint density at radius 2 is 2.13 bits per heavy atom. The summed E-state index contributed by atoms with van der Waals surface area (Å²) in [6, 6.07) is 0.587. The van der Waals surface area contributed by atoms with E-state index in [1.54, 1.807) is 0 Å². The lowest BCUT2D eigenvalue weighted by molar-refractivity contribution is 0.358. The van der Waals surface area contributed by atoms with Crippen molar-refractivity contribution in [1.82, 2.24) is 20.1 Å². The fraction of sp³-hybridized carbons (Fsp3) is 0.818. The lowest BCUT2D eigenvalue weighted by atomic mass is 10.1. The van der Waals surface area contributed by atoms with Crippen LogP contribution in [0.4, 0.5) is 0 Å². The van der Waals surface area contributed by atoms with E-state index in [9.17, 15) is 0 Å². The highest BCUT2D eigenvalue weighted by Gasteiger charge is 2.32. The van der Waals surface area contributed by atoms with Crippen LogP contribution in [-0.4, -0.2) is 27.9 Å². The molecule has 3 rings (SSSR count). The first kappa shape index (κ1) is 9.33. The molecule has 1 aliphatic heterocycles. The third-order valence-electron chi connectivity index (χ3n) is 3.47. The summed E-state index contributed by atoms with van der Waals surface area (Å²) in [5, 5.41) is 12.0. The van der Waals surface area contributed by atoms with Crippen LogP contribution in [0.15, 0.2) is 0 Å². The Morgan fingerprint density at radius 1 is 1.27 bits per heavy atom. The van der Waals surface area contributed by atoms with Gasteiger partial charge < -0.3 is 9.88 Å². The highest BCUT2D eigenvalue weighted by atomic mass is 15.3. The summed E-state index contributed by atoms with van der Waals surface area (Å²) in [6.45, 7) is 4.32. The molecule has 2 fully saturated rings. The Balaban J connectivity index is 1.90. The number of hydrogen-bond acceptors (Lipinski definition) is 3. The molecule has 1 saturated heterocycles. The van der Waals surface area contributed by atoms with E-state index in [4.69, 9.17) is 0 Å². The maximum Gasteiger partial charge on any atom is 0.136 e. The van der Waals surface area contributed by atoms with Crippen LogP contribution < -0.4 is 5.32 Å². The Kier molecular flexibility index (Phi) is 2.24. The zero-order chi connectivity index (χ0) is 10.3. The maximum absolute atomic E-state index is 4.34. The monoisotopic (exact) mass is 206 g/mol. The van der Waals surface area contributed by atoms with E-state index < -0.39 is 0 Å². The Labute approximate surface area is 90.1 Å². The second-order valence-corrected chi connectivity index (χ2v) is 4.75. The first-order chi connectivity index (χ1) is 7.36. The highest BCUT2D eigenvalue weighted by Crippen LogP contribution is 2.40. The molecule has 0 bridgehead atoms. The zero-order valence-corrected chi connectivity index (χ0v) is 9.24. The molecule has 15 heavy (non-hydrogen) atoms. The second-order valence-electron chi connectivity index (χ2n) is 4.75. The Bertz CT molecular complexity index is 347. The third kappa shape index (κ3) is 1.67. The van der Waals surface area contributed by atoms with Gasteiger partial charge in [0.1, 0.15) is 11.6 Å². The molecule has 4 nitrogen and oxygen atoms in total. The summed E-state index contributed by atoms with van der Waals surface area (Å²) >= 11 is 0. The fourth-order valence-electron chi connectivity index (χ4n) is 2.51. The molecule has 0 spiro atoms. The summed E-state index contributed by atoms with van der Waals surface area (Å²) in [7, 11) is 0. The van der Waals surface area contributed by atoms with Crippen LogP contribution in [-0.2, 0) is 0 Å². The molecule has 4 heteroatoms. The SMILES string of the molecule is Cc1nnc(C2CC2)n1C1CCCNC1. The minimum absolute atomic E-state index is 0.587. The third-order valence-corrected chi connectivity index (χ3v) is 3.47. The summed E-state index contributed by atoms with van der Waals surface area (Å²) in [5.41, 5.74) is 0. The average molecular weight is 206 g/mol. The first-order valence-corrected chi connectivity index (χ1v) is 5.98. The summed E-state index contributed by atoms with van der Waals surface area (Å²) in [6.07, 6.45) is 5.15. The molecule has 1 saturated carbocycles. The van der Waals surface area contributed by atoms with E-state index in [0.29, 0.717) is 12.0 Å². The quantitative estimate of drug-likeness (QED) is 0.795. The van der Waals surface area contributed by atoms with E-state index in [1.807, 2.05) is 0 Å². The molecule has 1 aliphatic carbocycles. The standard InChI is InChI=1S/C11H18N4/c1-8-13-14-11(9-4-5-9)15(8)10-3-2-6-12-7-10/h9-10,12H,2-7H2,1H3. The predicted octanol–water partition coefficient (Wildman–Crippen LogP) is 1.39. The van der Waals surface area contributed by atoms with Crippen molar-refractivity contribution >= 4 is 0 Å². The number of aromatic nitrogens is 3. The molecule has 1 atom stereocenters. The topological polar surface area (TPSA) is 42.7 Å². The largest absolute Gasteiger partial charge is 0.315 e. The molecule has 0 radical (unpaired) electrons. The molecule has 2 aliphatic rings. The molecule has 1 unspecified atom stereocenters. The normalized spacial score (nSPS) is 26.9. The van der Waals surface area contributed by atoms with Gasteiger partial charge in [-0.25, -0.2) is 0 Å². The molecule has 2 heterocycles. The lowest BCUT2D eigenvalue weighted by Crippen LogP contribution is -2.32. The van der Waals surface area contributed by atoms with E-state index in [0.717, 1.165) is 18.9 Å². The van der Waals surface area contributed by atoms with Gasteiger partial charge in [0, 0.05) is 18.5 Å². The second kappa shape index (κ2) is 3.59. The van der Waals surface area contributed by atoms with Crippen molar-refractivity contribution in [3.8, 4) is 0 Å². The number of nitrogens with zero attached hydrogens (tertiary/aromatic N) is 3. The summed E-state index contributed by atoms with van der Waals surface area (Å²) in [5.74, 6) is 3.03.